The van der Waals surface area contributed by atoms with Crippen LogP contribution in [-0.2, 0) is 16.0 Å². The highest BCUT2D eigenvalue weighted by Crippen LogP contribution is 2.15. The molecule has 0 aromatic heterocycles. The molecule has 1 fully saturated rings. The topological polar surface area (TPSA) is 32.8 Å². The van der Waals surface area contributed by atoms with Crippen molar-refractivity contribution < 1.29 is 13.9 Å². The fraction of sp³-hybridized carbons (Fsp3) is 0.350. The van der Waals surface area contributed by atoms with E-state index in [1.165, 1.54) is 12.1 Å². The van der Waals surface area contributed by atoms with Gasteiger partial charge in [0.15, 0.2) is 0 Å². The van der Waals surface area contributed by atoms with Crippen molar-refractivity contribution in [3.05, 3.63) is 66.0 Å². The molecule has 1 heterocycles. The third-order valence-electron chi connectivity index (χ3n) is 4.48. The van der Waals surface area contributed by atoms with Crippen molar-refractivity contribution in [1.29, 1.82) is 0 Å². The summed E-state index contributed by atoms with van der Waals surface area (Å²) >= 11 is 0. The molecule has 132 valence electrons. The summed E-state index contributed by atoms with van der Waals surface area (Å²) in [5.41, 5.74) is 1.93. The van der Waals surface area contributed by atoms with Crippen LogP contribution in [0.25, 0.3) is 0 Å². The largest absolute Gasteiger partial charge is 0.375 e. The van der Waals surface area contributed by atoms with Crippen LogP contribution in [-0.4, -0.2) is 50.2 Å². The zero-order chi connectivity index (χ0) is 17.6. The van der Waals surface area contributed by atoms with Crippen LogP contribution in [0.1, 0.15) is 5.56 Å². The molecule has 0 saturated carbocycles. The molecule has 5 heteroatoms. The Morgan fingerprint density at radius 2 is 1.92 bits per heavy atom. The molecule has 3 rings (SSSR count). The first kappa shape index (κ1) is 17.6. The molecule has 1 aliphatic rings. The summed E-state index contributed by atoms with van der Waals surface area (Å²) in [6.07, 6.45) is 0.744. The highest BCUT2D eigenvalue weighted by atomic mass is 19.1. The van der Waals surface area contributed by atoms with Gasteiger partial charge < -0.3 is 9.64 Å². The first-order valence-corrected chi connectivity index (χ1v) is 8.52. The summed E-state index contributed by atoms with van der Waals surface area (Å²) < 4.78 is 18.8. The molecular weight excluding hydrogens is 319 g/mol. The van der Waals surface area contributed by atoms with Crippen molar-refractivity contribution in [3.63, 3.8) is 0 Å². The zero-order valence-corrected chi connectivity index (χ0v) is 14.4. The van der Waals surface area contributed by atoms with Crippen LogP contribution < -0.4 is 4.90 Å². The number of ether oxygens (including phenoxy) is 1. The number of para-hydroxylation sites is 1. The molecule has 1 atom stereocenters. The quantitative estimate of drug-likeness (QED) is 0.838. The maximum absolute atomic E-state index is 13.0. The van der Waals surface area contributed by atoms with Crippen molar-refractivity contribution >= 4 is 11.6 Å². The predicted molar refractivity (Wildman–Crippen MR) is 96.1 cm³/mol. The first-order chi connectivity index (χ1) is 12.1. The molecule has 0 spiro atoms. The van der Waals surface area contributed by atoms with Crippen molar-refractivity contribution in [2.24, 2.45) is 0 Å². The van der Waals surface area contributed by atoms with Gasteiger partial charge in [-0.3, -0.25) is 9.69 Å². The SMILES string of the molecule is CN(C(=O)CN1CCO[C@@H](Cc2ccc(F)cc2)C1)c1ccccc1. The Morgan fingerprint density at radius 1 is 1.20 bits per heavy atom. The lowest BCUT2D eigenvalue weighted by molar-refractivity contribution is -0.121. The van der Waals surface area contributed by atoms with E-state index in [1.807, 2.05) is 30.3 Å². The van der Waals surface area contributed by atoms with Gasteiger partial charge in [-0.2, -0.15) is 0 Å². The molecule has 2 aromatic rings. The molecule has 25 heavy (non-hydrogen) atoms. The monoisotopic (exact) mass is 342 g/mol. The second kappa shape index (κ2) is 8.23. The van der Waals surface area contributed by atoms with Gasteiger partial charge in [0.2, 0.25) is 5.91 Å². The fourth-order valence-electron chi connectivity index (χ4n) is 3.02. The third-order valence-corrected chi connectivity index (χ3v) is 4.48. The van der Waals surface area contributed by atoms with E-state index in [0.717, 1.165) is 24.2 Å². The number of morpholine rings is 1. The predicted octanol–water partition coefficient (Wildman–Crippen LogP) is 2.73. The molecule has 4 nitrogen and oxygen atoms in total. The zero-order valence-electron chi connectivity index (χ0n) is 14.4. The molecule has 2 aromatic carbocycles. The van der Waals surface area contributed by atoms with Gasteiger partial charge >= 0.3 is 0 Å². The smallest absolute Gasteiger partial charge is 0.240 e. The Bertz CT molecular complexity index is 691. The third kappa shape index (κ3) is 4.87. The average Bonchev–Trinajstić information content (AvgIpc) is 2.64. The second-order valence-corrected chi connectivity index (χ2v) is 6.35. The Morgan fingerprint density at radius 3 is 2.64 bits per heavy atom. The number of benzene rings is 2. The van der Waals surface area contributed by atoms with Gasteiger partial charge in [-0.15, -0.1) is 0 Å². The molecule has 0 radical (unpaired) electrons. The summed E-state index contributed by atoms with van der Waals surface area (Å²) in [5, 5.41) is 0. The maximum Gasteiger partial charge on any atom is 0.240 e. The molecule has 0 aliphatic carbocycles. The van der Waals surface area contributed by atoms with E-state index in [4.69, 9.17) is 4.74 Å². The highest BCUT2D eigenvalue weighted by molar-refractivity contribution is 5.94. The van der Waals surface area contributed by atoms with Gasteiger partial charge in [0.25, 0.3) is 0 Å². The highest BCUT2D eigenvalue weighted by Gasteiger charge is 2.23. The minimum Gasteiger partial charge on any atom is -0.375 e. The number of hydrogen-bond acceptors (Lipinski definition) is 3. The first-order valence-electron chi connectivity index (χ1n) is 8.52. The van der Waals surface area contributed by atoms with Crippen molar-refractivity contribution in [1.82, 2.24) is 4.90 Å². The molecule has 0 unspecified atom stereocenters. The summed E-state index contributed by atoms with van der Waals surface area (Å²) in [6.45, 7) is 2.42. The van der Waals surface area contributed by atoms with Crippen molar-refractivity contribution in [3.8, 4) is 0 Å². The van der Waals surface area contributed by atoms with E-state index in [1.54, 1.807) is 24.1 Å². The number of rotatable bonds is 5. The van der Waals surface area contributed by atoms with E-state index < -0.39 is 0 Å². The molecule has 1 saturated heterocycles. The Balaban J connectivity index is 1.54. The second-order valence-electron chi connectivity index (χ2n) is 6.35. The Kier molecular flexibility index (Phi) is 5.79. The summed E-state index contributed by atoms with van der Waals surface area (Å²) in [7, 11) is 1.80. The van der Waals surface area contributed by atoms with Gasteiger partial charge in [-0.1, -0.05) is 30.3 Å². The van der Waals surface area contributed by atoms with Crippen LogP contribution in [0.3, 0.4) is 0 Å². The van der Waals surface area contributed by atoms with Crippen LogP contribution in [0, 0.1) is 5.82 Å². The number of halogens is 1. The lowest BCUT2D eigenvalue weighted by Gasteiger charge is -2.33. The van der Waals surface area contributed by atoms with Crippen molar-refractivity contribution in [2.45, 2.75) is 12.5 Å². The molecule has 1 aliphatic heterocycles. The number of carbonyl (C=O) groups excluding carboxylic acids is 1. The maximum atomic E-state index is 13.0. The van der Waals surface area contributed by atoms with Crippen LogP contribution in [0.15, 0.2) is 54.6 Å². The van der Waals surface area contributed by atoms with E-state index in [-0.39, 0.29) is 17.8 Å². The fourth-order valence-corrected chi connectivity index (χ4v) is 3.02. The molecule has 0 N–H and O–H groups in total. The van der Waals surface area contributed by atoms with E-state index in [0.29, 0.717) is 19.7 Å². The minimum absolute atomic E-state index is 0.0223. The van der Waals surface area contributed by atoms with Gasteiger partial charge in [0.05, 0.1) is 19.3 Å². The standard InChI is InChI=1S/C20H23FN2O2/c1-22(18-5-3-2-4-6-18)20(24)15-23-11-12-25-19(14-23)13-16-7-9-17(21)10-8-16/h2-10,19H,11-15H2,1H3/t19-/m0/s1. The number of nitrogens with zero attached hydrogens (tertiary/aromatic N) is 2. The van der Waals surface area contributed by atoms with Gasteiger partial charge in [-0.05, 0) is 36.2 Å². The van der Waals surface area contributed by atoms with Crippen LogP contribution in [0.4, 0.5) is 10.1 Å². The number of amides is 1. The Labute approximate surface area is 147 Å². The van der Waals surface area contributed by atoms with Crippen LogP contribution in [0.5, 0.6) is 0 Å². The number of anilines is 1. The summed E-state index contributed by atoms with van der Waals surface area (Å²) in [6, 6.07) is 16.1. The number of likely N-dealkylation sites (N-methyl/N-ethyl adjacent to an activating group) is 1. The van der Waals surface area contributed by atoms with E-state index >= 15 is 0 Å². The van der Waals surface area contributed by atoms with Gasteiger partial charge in [0, 0.05) is 25.8 Å². The van der Waals surface area contributed by atoms with Gasteiger partial charge in [0.1, 0.15) is 5.82 Å². The average molecular weight is 342 g/mol. The lowest BCUT2D eigenvalue weighted by atomic mass is 10.1. The minimum atomic E-state index is -0.232. The molecular formula is C20H23FN2O2. The molecule has 0 bridgehead atoms. The normalized spacial score (nSPS) is 18.1. The van der Waals surface area contributed by atoms with E-state index in [2.05, 4.69) is 4.90 Å². The summed E-state index contributed by atoms with van der Waals surface area (Å²) in [4.78, 5) is 16.3. The van der Waals surface area contributed by atoms with Crippen LogP contribution >= 0.6 is 0 Å². The Hall–Kier alpha value is -2.24. The van der Waals surface area contributed by atoms with Crippen molar-refractivity contribution in [2.75, 3.05) is 38.2 Å². The number of carbonyl (C=O) groups is 1. The summed E-state index contributed by atoms with van der Waals surface area (Å²) in [5.74, 6) is -0.168. The van der Waals surface area contributed by atoms with E-state index in [9.17, 15) is 9.18 Å². The number of hydrogen-bond donors (Lipinski definition) is 0. The molecule has 1 amide bonds. The van der Waals surface area contributed by atoms with Gasteiger partial charge in [-0.25, -0.2) is 4.39 Å². The van der Waals surface area contributed by atoms with Crippen LogP contribution in [0.2, 0.25) is 0 Å². The lowest BCUT2D eigenvalue weighted by Crippen LogP contribution is -2.47.